The highest BCUT2D eigenvalue weighted by Gasteiger charge is 2.26. The molecule has 0 saturated heterocycles. The minimum absolute atomic E-state index is 1.15. The summed E-state index contributed by atoms with van der Waals surface area (Å²) < 4.78 is 9.58. The maximum atomic E-state index is 2.40. The summed E-state index contributed by atoms with van der Waals surface area (Å²) in [7, 11) is 4.45. The van der Waals surface area contributed by atoms with Gasteiger partial charge in [-0.25, -0.2) is 0 Å². The van der Waals surface area contributed by atoms with E-state index < -0.39 is 0 Å². The lowest BCUT2D eigenvalue weighted by molar-refractivity contribution is 0.925. The summed E-state index contributed by atoms with van der Waals surface area (Å²) >= 11 is 0. The zero-order chi connectivity index (χ0) is 38.5. The maximum Gasteiger partial charge on any atom is 0.0742 e. The standard InChI is InChI=1S/C54H38N4/c1-55-45-21-9-7-19-43(45)51(35-27-31-37(32-28-35)57-47-23-11-3-15-39(47)40-16-4-12-24-48(40)57)53(55)54-52(44-20-8-10-22-46(44)56(54)2)36-29-33-38(34-30-36)58-49-25-13-5-17-41(49)42-18-6-14-26-50(42)58/h3-34H,1-2H3. The largest absolute Gasteiger partial charge is 0.342 e. The Morgan fingerprint density at radius 1 is 0.259 bits per heavy atom. The first kappa shape index (κ1) is 32.7. The normalized spacial score (nSPS) is 12.0. The molecule has 0 saturated carbocycles. The van der Waals surface area contributed by atoms with Crippen molar-refractivity contribution >= 4 is 65.4 Å². The maximum absolute atomic E-state index is 2.40. The third-order valence-corrected chi connectivity index (χ3v) is 12.4. The van der Waals surface area contributed by atoms with Crippen molar-refractivity contribution in [3.05, 3.63) is 194 Å². The molecular formula is C54H38N4. The predicted octanol–water partition coefficient (Wildman–Crippen LogP) is 13.9. The molecule has 0 aliphatic rings. The zero-order valence-electron chi connectivity index (χ0n) is 32.3. The second kappa shape index (κ2) is 12.5. The van der Waals surface area contributed by atoms with E-state index in [1.807, 2.05) is 0 Å². The number of para-hydroxylation sites is 6. The van der Waals surface area contributed by atoms with Crippen LogP contribution >= 0.6 is 0 Å². The topological polar surface area (TPSA) is 19.7 Å². The van der Waals surface area contributed by atoms with Gasteiger partial charge in [-0.3, -0.25) is 0 Å². The molecule has 274 valence electrons. The molecule has 0 aliphatic heterocycles. The van der Waals surface area contributed by atoms with Crippen molar-refractivity contribution in [2.75, 3.05) is 0 Å². The van der Waals surface area contributed by atoms with Gasteiger partial charge in [-0.05, 0) is 71.8 Å². The molecule has 4 heteroatoms. The van der Waals surface area contributed by atoms with Crippen molar-refractivity contribution in [2.45, 2.75) is 0 Å². The third kappa shape index (κ3) is 4.57. The molecule has 58 heavy (non-hydrogen) atoms. The Kier molecular flexibility index (Phi) is 7.02. The average Bonchev–Trinajstić information content (AvgIpc) is 3.98. The first-order valence-electron chi connectivity index (χ1n) is 20.0. The number of fused-ring (bicyclic) bond motifs is 8. The Labute approximate surface area is 335 Å². The van der Waals surface area contributed by atoms with E-state index in [2.05, 4.69) is 226 Å². The molecule has 0 fully saturated rings. The number of hydrogen-bond acceptors (Lipinski definition) is 0. The number of rotatable bonds is 5. The molecule has 12 rings (SSSR count). The molecule has 4 heterocycles. The Morgan fingerprint density at radius 3 is 0.828 bits per heavy atom. The minimum Gasteiger partial charge on any atom is -0.342 e. The van der Waals surface area contributed by atoms with Crippen molar-refractivity contribution in [1.82, 2.24) is 18.3 Å². The van der Waals surface area contributed by atoms with Crippen molar-refractivity contribution < 1.29 is 0 Å². The van der Waals surface area contributed by atoms with E-state index in [1.165, 1.54) is 99.1 Å². The highest BCUT2D eigenvalue weighted by atomic mass is 15.0. The van der Waals surface area contributed by atoms with Crippen LogP contribution in [0.1, 0.15) is 0 Å². The lowest BCUT2D eigenvalue weighted by Gasteiger charge is -2.15. The van der Waals surface area contributed by atoms with Gasteiger partial charge >= 0.3 is 0 Å². The van der Waals surface area contributed by atoms with Gasteiger partial charge in [0.15, 0.2) is 0 Å². The SMILES string of the molecule is Cn1c(-c2c(-c3ccc(-n4c5ccccc5c5ccccc54)cc3)c3ccccc3n2C)c(-c2ccc(-n3c4ccccc4c4ccccc43)cc2)c2ccccc21. The van der Waals surface area contributed by atoms with Crippen LogP contribution in [0.2, 0.25) is 0 Å². The van der Waals surface area contributed by atoms with Crippen LogP contribution in [0.4, 0.5) is 0 Å². The first-order chi connectivity index (χ1) is 28.7. The van der Waals surface area contributed by atoms with Crippen LogP contribution in [0.5, 0.6) is 0 Å². The fourth-order valence-electron chi connectivity index (χ4n) is 9.88. The van der Waals surface area contributed by atoms with E-state index in [0.29, 0.717) is 0 Å². The summed E-state index contributed by atoms with van der Waals surface area (Å²) in [5.41, 5.74) is 16.8. The highest BCUT2D eigenvalue weighted by Crippen LogP contribution is 2.47. The minimum atomic E-state index is 1.15. The quantitative estimate of drug-likeness (QED) is 0.167. The molecule has 0 unspecified atom stereocenters. The van der Waals surface area contributed by atoms with E-state index in [0.717, 1.165) is 11.4 Å². The van der Waals surface area contributed by atoms with Gasteiger partial charge in [-0.1, -0.05) is 133 Å². The van der Waals surface area contributed by atoms with Gasteiger partial charge in [0.2, 0.25) is 0 Å². The van der Waals surface area contributed by atoms with Gasteiger partial charge in [0.05, 0.1) is 33.5 Å². The van der Waals surface area contributed by atoms with Crippen LogP contribution in [0.25, 0.3) is 110 Å². The monoisotopic (exact) mass is 742 g/mol. The number of hydrogen-bond donors (Lipinski definition) is 0. The van der Waals surface area contributed by atoms with E-state index in [-0.39, 0.29) is 0 Å². The highest BCUT2D eigenvalue weighted by molar-refractivity contribution is 6.13. The van der Waals surface area contributed by atoms with Gasteiger partial charge in [0, 0.05) is 79.9 Å². The molecule has 0 radical (unpaired) electrons. The number of aryl methyl sites for hydroxylation is 2. The molecule has 8 aromatic carbocycles. The average molecular weight is 743 g/mol. The third-order valence-electron chi connectivity index (χ3n) is 12.4. The van der Waals surface area contributed by atoms with Gasteiger partial charge in [0.25, 0.3) is 0 Å². The van der Waals surface area contributed by atoms with Crippen LogP contribution < -0.4 is 0 Å². The van der Waals surface area contributed by atoms with E-state index in [4.69, 9.17) is 0 Å². The molecule has 0 amide bonds. The van der Waals surface area contributed by atoms with E-state index in [9.17, 15) is 0 Å². The summed E-state index contributed by atoms with van der Waals surface area (Å²) in [6.07, 6.45) is 0. The van der Waals surface area contributed by atoms with Crippen LogP contribution in [0.15, 0.2) is 194 Å². The number of aromatic nitrogens is 4. The summed E-state index contributed by atoms with van der Waals surface area (Å²) in [4.78, 5) is 0. The Balaban J connectivity index is 1.06. The summed E-state index contributed by atoms with van der Waals surface area (Å²) in [5, 5.41) is 7.55. The van der Waals surface area contributed by atoms with Crippen molar-refractivity contribution in [2.24, 2.45) is 14.1 Å². The molecule has 0 atom stereocenters. The molecular weight excluding hydrogens is 705 g/mol. The molecule has 4 aromatic heterocycles. The Hall–Kier alpha value is -7.56. The Bertz CT molecular complexity index is 3220. The summed E-state index contributed by atoms with van der Waals surface area (Å²) in [6, 6.07) is 70.9. The van der Waals surface area contributed by atoms with Crippen LogP contribution in [0, 0.1) is 0 Å². The lowest BCUT2D eigenvalue weighted by atomic mass is 9.95. The van der Waals surface area contributed by atoms with Gasteiger partial charge < -0.3 is 18.3 Å². The molecule has 12 aromatic rings. The van der Waals surface area contributed by atoms with Crippen molar-refractivity contribution in [3.8, 4) is 45.0 Å². The van der Waals surface area contributed by atoms with Gasteiger partial charge in [0.1, 0.15) is 0 Å². The number of nitrogens with zero attached hydrogens (tertiary/aromatic N) is 4. The smallest absolute Gasteiger partial charge is 0.0742 e. The Morgan fingerprint density at radius 2 is 0.517 bits per heavy atom. The van der Waals surface area contributed by atoms with E-state index >= 15 is 0 Å². The van der Waals surface area contributed by atoms with E-state index in [1.54, 1.807) is 0 Å². The summed E-state index contributed by atoms with van der Waals surface area (Å²) in [5.74, 6) is 0. The zero-order valence-corrected chi connectivity index (χ0v) is 32.3. The van der Waals surface area contributed by atoms with Crippen molar-refractivity contribution in [1.29, 1.82) is 0 Å². The van der Waals surface area contributed by atoms with Crippen LogP contribution in [-0.2, 0) is 14.1 Å². The van der Waals surface area contributed by atoms with Crippen LogP contribution in [0.3, 0.4) is 0 Å². The molecule has 0 bridgehead atoms. The second-order valence-corrected chi connectivity index (χ2v) is 15.4. The van der Waals surface area contributed by atoms with Gasteiger partial charge in [-0.15, -0.1) is 0 Å². The van der Waals surface area contributed by atoms with Crippen molar-refractivity contribution in [3.63, 3.8) is 0 Å². The lowest BCUT2D eigenvalue weighted by Crippen LogP contribution is -2.00. The number of benzene rings is 8. The first-order valence-corrected chi connectivity index (χ1v) is 20.0. The molecule has 0 spiro atoms. The summed E-state index contributed by atoms with van der Waals surface area (Å²) in [6.45, 7) is 0. The van der Waals surface area contributed by atoms with Gasteiger partial charge in [-0.2, -0.15) is 0 Å². The second-order valence-electron chi connectivity index (χ2n) is 15.4. The fourth-order valence-corrected chi connectivity index (χ4v) is 9.88. The molecule has 0 N–H and O–H groups in total. The fraction of sp³-hybridized carbons (Fsp3) is 0.0370. The predicted molar refractivity (Wildman–Crippen MR) is 244 cm³/mol. The molecule has 4 nitrogen and oxygen atoms in total. The molecule has 0 aliphatic carbocycles. The van der Waals surface area contributed by atoms with Crippen LogP contribution in [-0.4, -0.2) is 18.3 Å².